The first-order valence-corrected chi connectivity index (χ1v) is 12.7. The van der Waals surface area contributed by atoms with Crippen molar-refractivity contribution >= 4 is 12.1 Å². The molecule has 0 radical (unpaired) electrons. The van der Waals surface area contributed by atoms with Gasteiger partial charge in [0.1, 0.15) is 17.4 Å². The number of esters is 1. The van der Waals surface area contributed by atoms with Crippen LogP contribution in [0.1, 0.15) is 102 Å². The number of ether oxygens (including phenoxy) is 2. The second-order valence-corrected chi connectivity index (χ2v) is 11.0. The van der Waals surface area contributed by atoms with Crippen molar-refractivity contribution in [3.8, 4) is 5.75 Å². The smallest absolute Gasteiger partial charge is 0.408 e. The standard InChI is InChI=1S/C29H40N2O6/c1-10-29(31(34)35,26(32)36-24-22(18(2)3)12-11-13-23(24)19(4)5)25(21-16-14-20(6)15-17-21)30-27(33)37-28(7,8)9/h11-19,25H,10H2,1-9H3,(H,30,33)/t25?,29-/m0/s1. The minimum atomic E-state index is -2.31. The lowest BCUT2D eigenvalue weighted by Gasteiger charge is -2.32. The Kier molecular flexibility index (Phi) is 9.47. The molecule has 2 aromatic rings. The van der Waals surface area contributed by atoms with Crippen LogP contribution in [-0.4, -0.2) is 28.1 Å². The van der Waals surface area contributed by atoms with Gasteiger partial charge in [-0.1, -0.05) is 82.6 Å². The summed E-state index contributed by atoms with van der Waals surface area (Å²) in [6.45, 7) is 16.4. The van der Waals surface area contributed by atoms with Crippen molar-refractivity contribution in [1.82, 2.24) is 5.32 Å². The van der Waals surface area contributed by atoms with E-state index in [2.05, 4.69) is 5.32 Å². The molecular formula is C29H40N2O6. The van der Waals surface area contributed by atoms with E-state index >= 15 is 0 Å². The molecule has 0 heterocycles. The summed E-state index contributed by atoms with van der Waals surface area (Å²) < 4.78 is 11.4. The molecule has 2 aromatic carbocycles. The normalized spacial score (nSPS) is 14.1. The molecule has 2 atom stereocenters. The molecule has 0 aliphatic heterocycles. The summed E-state index contributed by atoms with van der Waals surface area (Å²) in [7, 11) is 0. The molecule has 1 unspecified atom stereocenters. The number of alkyl carbamates (subject to hydrolysis) is 1. The van der Waals surface area contributed by atoms with Crippen molar-refractivity contribution in [3.63, 3.8) is 0 Å². The summed E-state index contributed by atoms with van der Waals surface area (Å²) >= 11 is 0. The number of hydrogen-bond donors (Lipinski definition) is 1. The van der Waals surface area contributed by atoms with Gasteiger partial charge in [0.05, 0.1) is 0 Å². The van der Waals surface area contributed by atoms with Crippen molar-refractivity contribution in [2.45, 2.75) is 97.8 Å². The second-order valence-electron chi connectivity index (χ2n) is 11.0. The monoisotopic (exact) mass is 512 g/mol. The van der Waals surface area contributed by atoms with Gasteiger partial charge < -0.3 is 14.8 Å². The number of aryl methyl sites for hydroxylation is 1. The van der Waals surface area contributed by atoms with Crippen LogP contribution in [0.25, 0.3) is 0 Å². The van der Waals surface area contributed by atoms with Gasteiger partial charge in [-0.05, 0) is 56.2 Å². The van der Waals surface area contributed by atoms with Crippen LogP contribution in [-0.2, 0) is 9.53 Å². The lowest BCUT2D eigenvalue weighted by atomic mass is 9.83. The molecule has 8 nitrogen and oxygen atoms in total. The Balaban J connectivity index is 2.70. The van der Waals surface area contributed by atoms with Gasteiger partial charge in [0.15, 0.2) is 0 Å². The third-order valence-electron chi connectivity index (χ3n) is 6.28. The Morgan fingerprint density at radius 3 is 1.89 bits per heavy atom. The molecule has 0 aliphatic rings. The predicted octanol–water partition coefficient (Wildman–Crippen LogP) is 6.84. The first-order chi connectivity index (χ1) is 17.1. The van der Waals surface area contributed by atoms with Crippen LogP contribution in [0.2, 0.25) is 0 Å². The maximum absolute atomic E-state index is 13.9. The minimum Gasteiger partial charge on any atom is -0.444 e. The Hall–Kier alpha value is -3.42. The molecule has 0 saturated heterocycles. The molecule has 0 spiro atoms. The zero-order valence-electron chi connectivity index (χ0n) is 23.4. The van der Waals surface area contributed by atoms with Crippen molar-refractivity contribution in [2.24, 2.45) is 0 Å². The van der Waals surface area contributed by atoms with E-state index in [-0.39, 0.29) is 18.3 Å². The molecule has 0 aliphatic carbocycles. The van der Waals surface area contributed by atoms with Gasteiger partial charge in [0.2, 0.25) is 0 Å². The van der Waals surface area contributed by atoms with Gasteiger partial charge in [-0.2, -0.15) is 0 Å². The molecular weight excluding hydrogens is 472 g/mol. The van der Waals surface area contributed by atoms with Crippen LogP contribution in [0.3, 0.4) is 0 Å². The molecule has 1 N–H and O–H groups in total. The topological polar surface area (TPSA) is 108 Å². The molecule has 202 valence electrons. The fourth-order valence-corrected chi connectivity index (χ4v) is 4.22. The van der Waals surface area contributed by atoms with E-state index in [1.165, 1.54) is 0 Å². The number of nitrogens with one attached hydrogen (secondary N) is 1. The quantitative estimate of drug-likeness (QED) is 0.171. The number of nitro groups is 1. The Labute approximate surface area is 219 Å². The highest BCUT2D eigenvalue weighted by molar-refractivity contribution is 5.84. The van der Waals surface area contributed by atoms with Crippen molar-refractivity contribution in [3.05, 3.63) is 74.8 Å². The lowest BCUT2D eigenvalue weighted by Crippen LogP contribution is -2.58. The first kappa shape index (κ1) is 29.8. The lowest BCUT2D eigenvalue weighted by molar-refractivity contribution is -0.561. The SMILES string of the molecule is CC[C@@](C(=O)Oc1c(C(C)C)cccc1C(C)C)(C(NC(=O)OC(C)(C)C)c1ccc(C)cc1)[N+](=O)[O-]. The number of benzene rings is 2. The summed E-state index contributed by atoms with van der Waals surface area (Å²) in [6.07, 6.45) is -1.09. The maximum atomic E-state index is 13.9. The summed E-state index contributed by atoms with van der Waals surface area (Å²) in [4.78, 5) is 38.9. The zero-order chi connectivity index (χ0) is 28.1. The van der Waals surface area contributed by atoms with Crippen molar-refractivity contribution < 1.29 is 24.0 Å². The van der Waals surface area contributed by atoms with Crippen LogP contribution < -0.4 is 10.1 Å². The molecule has 2 rings (SSSR count). The third kappa shape index (κ3) is 6.87. The van der Waals surface area contributed by atoms with E-state index in [0.717, 1.165) is 16.7 Å². The zero-order valence-corrected chi connectivity index (χ0v) is 23.4. The molecule has 0 bridgehead atoms. The fourth-order valence-electron chi connectivity index (χ4n) is 4.22. The highest BCUT2D eigenvalue weighted by Gasteiger charge is 2.59. The second kappa shape index (κ2) is 11.8. The van der Waals surface area contributed by atoms with Gasteiger partial charge >= 0.3 is 17.6 Å². The van der Waals surface area contributed by atoms with Crippen LogP contribution in [0, 0.1) is 17.0 Å². The number of hydrogen-bond acceptors (Lipinski definition) is 6. The third-order valence-corrected chi connectivity index (χ3v) is 6.28. The molecule has 0 fully saturated rings. The number of carbonyl (C=O) groups is 2. The largest absolute Gasteiger partial charge is 0.444 e. The molecule has 0 saturated carbocycles. The van der Waals surface area contributed by atoms with Gasteiger partial charge in [0.25, 0.3) is 0 Å². The summed E-state index contributed by atoms with van der Waals surface area (Å²) in [5.74, 6) is -0.685. The van der Waals surface area contributed by atoms with Gasteiger partial charge in [-0.15, -0.1) is 0 Å². The summed E-state index contributed by atoms with van der Waals surface area (Å²) in [6, 6.07) is 11.1. The van der Waals surface area contributed by atoms with Crippen LogP contribution in [0.5, 0.6) is 5.75 Å². The van der Waals surface area contributed by atoms with Crippen molar-refractivity contribution in [1.29, 1.82) is 0 Å². The van der Waals surface area contributed by atoms with Crippen molar-refractivity contribution in [2.75, 3.05) is 0 Å². The minimum absolute atomic E-state index is 0.0147. The Morgan fingerprint density at radius 2 is 1.49 bits per heavy atom. The molecule has 8 heteroatoms. The number of nitrogens with zero attached hydrogens (tertiary/aromatic N) is 1. The van der Waals surface area contributed by atoms with E-state index in [0.29, 0.717) is 11.3 Å². The van der Waals surface area contributed by atoms with Crippen LogP contribution in [0.4, 0.5) is 4.79 Å². The van der Waals surface area contributed by atoms with Crippen LogP contribution in [0.15, 0.2) is 42.5 Å². The molecule has 37 heavy (non-hydrogen) atoms. The highest BCUT2D eigenvalue weighted by atomic mass is 16.6. The average molecular weight is 513 g/mol. The van der Waals surface area contributed by atoms with Gasteiger partial charge in [0, 0.05) is 11.3 Å². The predicted molar refractivity (Wildman–Crippen MR) is 144 cm³/mol. The van der Waals surface area contributed by atoms with E-state index in [1.54, 1.807) is 52.0 Å². The number of para-hydroxylation sites is 1. The summed E-state index contributed by atoms with van der Waals surface area (Å²) in [5.41, 5.74) is -0.273. The first-order valence-electron chi connectivity index (χ1n) is 12.7. The maximum Gasteiger partial charge on any atom is 0.408 e. The van der Waals surface area contributed by atoms with E-state index in [9.17, 15) is 19.7 Å². The summed E-state index contributed by atoms with van der Waals surface area (Å²) in [5, 5.41) is 15.4. The Morgan fingerprint density at radius 1 is 0.973 bits per heavy atom. The Bertz CT molecular complexity index is 1090. The molecule has 0 aromatic heterocycles. The number of carbonyl (C=O) groups excluding carboxylic acids is 2. The van der Waals surface area contributed by atoms with Crippen LogP contribution >= 0.6 is 0 Å². The highest BCUT2D eigenvalue weighted by Crippen LogP contribution is 2.39. The number of amides is 1. The number of rotatable bonds is 9. The van der Waals surface area contributed by atoms with E-state index in [1.807, 2.05) is 52.8 Å². The van der Waals surface area contributed by atoms with E-state index < -0.39 is 34.2 Å². The van der Waals surface area contributed by atoms with E-state index in [4.69, 9.17) is 9.47 Å². The fraction of sp³-hybridized carbons (Fsp3) is 0.517. The van der Waals surface area contributed by atoms with Gasteiger partial charge in [-0.3, -0.25) is 10.1 Å². The average Bonchev–Trinajstić information content (AvgIpc) is 2.78. The molecule has 1 amide bonds. The van der Waals surface area contributed by atoms with Gasteiger partial charge in [-0.25, -0.2) is 9.59 Å².